The normalized spacial score (nSPS) is 11.1. The zero-order valence-corrected chi connectivity index (χ0v) is 16.4. The Morgan fingerprint density at radius 1 is 1.04 bits per heavy atom. The molecule has 26 heavy (non-hydrogen) atoms. The number of halogens is 1. The number of benzene rings is 2. The average molecular weight is 373 g/mol. The zero-order chi connectivity index (χ0) is 19.3. The number of nitrogens with one attached hydrogen (secondary N) is 1. The molecule has 0 radical (unpaired) electrons. The Labute approximate surface area is 160 Å². The number of para-hydroxylation sites is 1. The molecule has 0 fully saturated rings. The van der Waals surface area contributed by atoms with E-state index in [1.165, 1.54) is 12.5 Å². The van der Waals surface area contributed by atoms with E-state index in [0.717, 1.165) is 0 Å². The van der Waals surface area contributed by atoms with Gasteiger partial charge in [0.05, 0.1) is 10.7 Å². The highest BCUT2D eigenvalue weighted by atomic mass is 35.5. The van der Waals surface area contributed by atoms with Crippen molar-refractivity contribution < 1.29 is 9.59 Å². The lowest BCUT2D eigenvalue weighted by molar-refractivity contribution is -0.116. The van der Waals surface area contributed by atoms with Crippen LogP contribution in [0, 0.1) is 0 Å². The first-order valence-electron chi connectivity index (χ1n) is 8.61. The first kappa shape index (κ1) is 20.0. The number of hydrogen-bond acceptors (Lipinski definition) is 2. The third-order valence-corrected chi connectivity index (χ3v) is 4.48. The van der Waals surface area contributed by atoms with Gasteiger partial charge < -0.3 is 10.2 Å². The van der Waals surface area contributed by atoms with Crippen LogP contribution in [0.2, 0.25) is 5.02 Å². The van der Waals surface area contributed by atoms with Gasteiger partial charge in [0.15, 0.2) is 0 Å². The van der Waals surface area contributed by atoms with Gasteiger partial charge >= 0.3 is 0 Å². The highest BCUT2D eigenvalue weighted by Crippen LogP contribution is 2.25. The van der Waals surface area contributed by atoms with Crippen molar-refractivity contribution in [2.75, 3.05) is 18.0 Å². The molecule has 0 unspecified atom stereocenters. The Morgan fingerprint density at radius 2 is 1.65 bits per heavy atom. The summed E-state index contributed by atoms with van der Waals surface area (Å²) in [7, 11) is 0. The lowest BCUT2D eigenvalue weighted by Crippen LogP contribution is -2.37. The molecule has 4 nitrogen and oxygen atoms in total. The Bertz CT molecular complexity index is 779. The Morgan fingerprint density at radius 3 is 2.19 bits per heavy atom. The van der Waals surface area contributed by atoms with Crippen molar-refractivity contribution in [3.05, 3.63) is 64.7 Å². The second-order valence-corrected chi connectivity index (χ2v) is 7.61. The average Bonchev–Trinajstić information content (AvgIpc) is 2.58. The summed E-state index contributed by atoms with van der Waals surface area (Å²) >= 11 is 6.17. The van der Waals surface area contributed by atoms with Gasteiger partial charge in [0.25, 0.3) is 5.91 Å². The minimum atomic E-state index is -0.159. The Balaban J connectivity index is 1.98. The maximum absolute atomic E-state index is 12.3. The van der Waals surface area contributed by atoms with Gasteiger partial charge in [-0.3, -0.25) is 9.59 Å². The van der Waals surface area contributed by atoms with Crippen LogP contribution < -0.4 is 10.2 Å². The molecule has 5 heteroatoms. The van der Waals surface area contributed by atoms with E-state index in [2.05, 4.69) is 26.1 Å². The summed E-state index contributed by atoms with van der Waals surface area (Å²) in [5.41, 5.74) is 2.47. The highest BCUT2D eigenvalue weighted by molar-refractivity contribution is 6.33. The van der Waals surface area contributed by atoms with Crippen LogP contribution in [-0.4, -0.2) is 24.9 Å². The third-order valence-electron chi connectivity index (χ3n) is 4.16. The molecule has 2 amide bonds. The largest absolute Gasteiger partial charge is 0.350 e. The predicted molar refractivity (Wildman–Crippen MR) is 107 cm³/mol. The van der Waals surface area contributed by atoms with Crippen molar-refractivity contribution in [3.8, 4) is 0 Å². The maximum Gasteiger partial charge on any atom is 0.251 e. The van der Waals surface area contributed by atoms with Gasteiger partial charge in [0, 0.05) is 25.6 Å². The molecule has 2 aromatic rings. The van der Waals surface area contributed by atoms with E-state index < -0.39 is 0 Å². The summed E-state index contributed by atoms with van der Waals surface area (Å²) in [4.78, 5) is 25.8. The second-order valence-electron chi connectivity index (χ2n) is 7.21. The quantitative estimate of drug-likeness (QED) is 0.844. The third kappa shape index (κ3) is 5.09. The molecular weight excluding hydrogens is 348 g/mol. The second kappa shape index (κ2) is 8.37. The number of hydrogen-bond donors (Lipinski definition) is 1. The van der Waals surface area contributed by atoms with Crippen molar-refractivity contribution in [2.24, 2.45) is 0 Å². The van der Waals surface area contributed by atoms with Crippen molar-refractivity contribution in [1.29, 1.82) is 0 Å². The summed E-state index contributed by atoms with van der Waals surface area (Å²) in [5.74, 6) is -0.282. The number of amides is 2. The van der Waals surface area contributed by atoms with Crippen LogP contribution in [0.15, 0.2) is 48.5 Å². The van der Waals surface area contributed by atoms with Gasteiger partial charge in [-0.05, 0) is 35.2 Å². The summed E-state index contributed by atoms with van der Waals surface area (Å²) in [6.07, 6.45) is 0. The summed E-state index contributed by atoms with van der Waals surface area (Å²) in [5, 5.41) is 3.36. The lowest BCUT2D eigenvalue weighted by atomic mass is 9.87. The SMILES string of the molecule is CC(=O)N(CCNC(=O)c1ccc(C(C)(C)C)cc1)c1ccccc1Cl. The molecule has 0 atom stereocenters. The van der Waals surface area contributed by atoms with Crippen LogP contribution in [0.4, 0.5) is 5.69 Å². The van der Waals surface area contributed by atoms with Gasteiger partial charge in [0.2, 0.25) is 5.91 Å². The molecule has 138 valence electrons. The zero-order valence-electron chi connectivity index (χ0n) is 15.7. The van der Waals surface area contributed by atoms with Crippen LogP contribution in [-0.2, 0) is 10.2 Å². The van der Waals surface area contributed by atoms with Crippen molar-refractivity contribution >= 4 is 29.1 Å². The molecule has 0 bridgehead atoms. The number of nitrogens with zero attached hydrogens (tertiary/aromatic N) is 1. The topological polar surface area (TPSA) is 49.4 Å². The molecule has 2 rings (SSSR count). The fraction of sp³-hybridized carbons (Fsp3) is 0.333. The Hall–Kier alpha value is -2.33. The van der Waals surface area contributed by atoms with Gasteiger partial charge in [0.1, 0.15) is 0 Å². The van der Waals surface area contributed by atoms with Crippen molar-refractivity contribution in [3.63, 3.8) is 0 Å². The van der Waals surface area contributed by atoms with Crippen LogP contribution in [0.1, 0.15) is 43.6 Å². The molecule has 0 aliphatic carbocycles. The Kier molecular flexibility index (Phi) is 6.43. The molecular formula is C21H25ClN2O2. The molecule has 0 saturated heterocycles. The number of rotatable bonds is 5. The maximum atomic E-state index is 12.3. The molecule has 0 aromatic heterocycles. The fourth-order valence-corrected chi connectivity index (χ4v) is 2.86. The smallest absolute Gasteiger partial charge is 0.251 e. The fourth-order valence-electron chi connectivity index (χ4n) is 2.62. The van der Waals surface area contributed by atoms with Crippen LogP contribution >= 0.6 is 11.6 Å². The first-order valence-corrected chi connectivity index (χ1v) is 8.99. The molecule has 2 aromatic carbocycles. The molecule has 0 heterocycles. The van der Waals surface area contributed by atoms with Crippen molar-refractivity contribution in [2.45, 2.75) is 33.1 Å². The lowest BCUT2D eigenvalue weighted by Gasteiger charge is -2.22. The predicted octanol–water partition coefficient (Wildman–Crippen LogP) is 4.42. The molecule has 1 N–H and O–H groups in total. The summed E-state index contributed by atoms with van der Waals surface area (Å²) in [6.45, 7) is 8.57. The van der Waals surface area contributed by atoms with Gasteiger partial charge in [-0.2, -0.15) is 0 Å². The van der Waals surface area contributed by atoms with E-state index in [9.17, 15) is 9.59 Å². The van der Waals surface area contributed by atoms with Crippen LogP contribution in [0.25, 0.3) is 0 Å². The summed E-state index contributed by atoms with van der Waals surface area (Å²) in [6, 6.07) is 14.8. The van der Waals surface area contributed by atoms with E-state index in [4.69, 9.17) is 11.6 Å². The van der Waals surface area contributed by atoms with Gasteiger partial charge in [-0.25, -0.2) is 0 Å². The van der Waals surface area contributed by atoms with E-state index in [1.54, 1.807) is 17.0 Å². The van der Waals surface area contributed by atoms with E-state index in [1.807, 2.05) is 36.4 Å². The standard InChI is InChI=1S/C21H25ClN2O2/c1-15(25)24(19-8-6-5-7-18(19)22)14-13-23-20(26)16-9-11-17(12-10-16)21(2,3)4/h5-12H,13-14H2,1-4H3,(H,23,26). The molecule has 0 spiro atoms. The number of carbonyl (C=O) groups excluding carboxylic acids is 2. The van der Waals surface area contributed by atoms with E-state index in [-0.39, 0.29) is 17.2 Å². The van der Waals surface area contributed by atoms with E-state index >= 15 is 0 Å². The highest BCUT2D eigenvalue weighted by Gasteiger charge is 2.16. The van der Waals surface area contributed by atoms with Crippen LogP contribution in [0.5, 0.6) is 0 Å². The van der Waals surface area contributed by atoms with E-state index in [0.29, 0.717) is 29.4 Å². The number of carbonyl (C=O) groups is 2. The van der Waals surface area contributed by atoms with Gasteiger partial charge in [-0.15, -0.1) is 0 Å². The van der Waals surface area contributed by atoms with Crippen LogP contribution in [0.3, 0.4) is 0 Å². The van der Waals surface area contributed by atoms with Crippen molar-refractivity contribution in [1.82, 2.24) is 5.32 Å². The monoisotopic (exact) mass is 372 g/mol. The summed E-state index contributed by atoms with van der Waals surface area (Å²) < 4.78 is 0. The molecule has 0 aliphatic rings. The minimum absolute atomic E-state index is 0.0476. The molecule has 0 saturated carbocycles. The number of anilines is 1. The molecule has 0 aliphatic heterocycles. The van der Waals surface area contributed by atoms with Gasteiger partial charge in [-0.1, -0.05) is 56.6 Å². The first-order chi connectivity index (χ1) is 12.2. The minimum Gasteiger partial charge on any atom is -0.350 e.